The van der Waals surface area contributed by atoms with E-state index in [0.29, 0.717) is 5.71 Å². The second-order valence-corrected chi connectivity index (χ2v) is 5.70. The van der Waals surface area contributed by atoms with Crippen LogP contribution in [-0.2, 0) is 0 Å². The van der Waals surface area contributed by atoms with Crippen LogP contribution in [0.4, 0.5) is 0 Å². The van der Waals surface area contributed by atoms with Gasteiger partial charge in [-0.3, -0.25) is 0 Å². The third-order valence-electron chi connectivity index (χ3n) is 3.79. The Bertz CT molecular complexity index is 921. The van der Waals surface area contributed by atoms with Crippen LogP contribution in [-0.4, -0.2) is 11.7 Å². The Hall–Kier alpha value is -3.66. The van der Waals surface area contributed by atoms with E-state index in [2.05, 4.69) is 46.6 Å². The molecule has 0 bridgehead atoms. The highest BCUT2D eigenvalue weighted by Gasteiger charge is 2.00. The maximum absolute atomic E-state index is 5.39. The van der Waals surface area contributed by atoms with E-state index in [1.54, 1.807) is 0 Å². The highest BCUT2D eigenvalue weighted by Crippen LogP contribution is 2.19. The van der Waals surface area contributed by atoms with Gasteiger partial charge in [-0.2, -0.15) is 0 Å². The first kappa shape index (κ1) is 17.2. The number of hydrogen-bond acceptors (Lipinski definition) is 2. The topological polar surface area (TPSA) is 76.8 Å². The van der Waals surface area contributed by atoms with Crippen molar-refractivity contribution < 1.29 is 0 Å². The molecule has 3 rings (SSSR count). The molecule has 4 nitrogen and oxygen atoms in total. The van der Waals surface area contributed by atoms with Crippen LogP contribution in [0, 0.1) is 0 Å². The summed E-state index contributed by atoms with van der Waals surface area (Å²) in [5.41, 5.74) is 15.9. The second kappa shape index (κ2) is 8.44. The highest BCUT2D eigenvalue weighted by molar-refractivity contribution is 6.10. The van der Waals surface area contributed by atoms with Crippen molar-refractivity contribution in [3.05, 3.63) is 102 Å². The molecule has 0 fully saturated rings. The molecule has 0 aliphatic heterocycles. The second-order valence-electron chi connectivity index (χ2n) is 5.70. The highest BCUT2D eigenvalue weighted by atomic mass is 15.3. The van der Waals surface area contributed by atoms with Crippen LogP contribution >= 0.6 is 0 Å². The van der Waals surface area contributed by atoms with Crippen LogP contribution in [0.15, 0.2) is 101 Å². The predicted molar refractivity (Wildman–Crippen MR) is 110 cm³/mol. The fourth-order valence-corrected chi connectivity index (χ4v) is 2.50. The van der Waals surface area contributed by atoms with Gasteiger partial charge in [-0.1, -0.05) is 91.0 Å². The van der Waals surface area contributed by atoms with E-state index in [9.17, 15) is 0 Å². The molecule has 0 amide bonds. The largest absolute Gasteiger partial charge is 0.369 e. The van der Waals surface area contributed by atoms with Gasteiger partial charge in [-0.25, -0.2) is 0 Å². The Morgan fingerprint density at radius 1 is 0.654 bits per heavy atom. The third-order valence-corrected chi connectivity index (χ3v) is 3.79. The molecule has 0 heterocycles. The molecule has 4 heteroatoms. The summed E-state index contributed by atoms with van der Waals surface area (Å²) in [7, 11) is 0. The first-order valence-electron chi connectivity index (χ1n) is 8.28. The summed E-state index contributed by atoms with van der Waals surface area (Å²) in [4.78, 5) is 0. The van der Waals surface area contributed by atoms with Gasteiger partial charge in [0.25, 0.3) is 0 Å². The molecule has 0 unspecified atom stereocenters. The summed E-state index contributed by atoms with van der Waals surface area (Å²) < 4.78 is 0. The minimum atomic E-state index is -0.0703. The standard InChI is InChI=1S/C22H20N4/c23-22(24)26-25-21(20-9-5-2-6-10-20)16-13-17-11-14-19(15-12-17)18-7-3-1-4-8-18/h1-16H,(H4,23,24,26)/b16-13+,25-21-. The SMILES string of the molecule is NC(N)=N/N=C(/C=C/c1ccc(-c2ccccc2)cc1)c1ccccc1. The summed E-state index contributed by atoms with van der Waals surface area (Å²) in [6, 6.07) is 28.4. The van der Waals surface area contributed by atoms with E-state index in [0.717, 1.165) is 11.1 Å². The monoisotopic (exact) mass is 340 g/mol. The molecule has 4 N–H and O–H groups in total. The maximum atomic E-state index is 5.39. The van der Waals surface area contributed by atoms with Gasteiger partial charge in [0.2, 0.25) is 5.96 Å². The van der Waals surface area contributed by atoms with Crippen LogP contribution in [0.5, 0.6) is 0 Å². The summed E-state index contributed by atoms with van der Waals surface area (Å²) in [6.45, 7) is 0. The van der Waals surface area contributed by atoms with Gasteiger partial charge in [-0.05, 0) is 22.8 Å². The lowest BCUT2D eigenvalue weighted by Crippen LogP contribution is -2.22. The number of nitrogens with two attached hydrogens (primary N) is 2. The Morgan fingerprint density at radius 2 is 1.23 bits per heavy atom. The minimum absolute atomic E-state index is 0.0703. The van der Waals surface area contributed by atoms with Crippen molar-refractivity contribution in [2.45, 2.75) is 0 Å². The molecule has 0 radical (unpaired) electrons. The smallest absolute Gasteiger partial charge is 0.211 e. The predicted octanol–water partition coefficient (Wildman–Crippen LogP) is 4.04. The molecule has 3 aromatic carbocycles. The first-order valence-corrected chi connectivity index (χ1v) is 8.28. The molecule has 0 atom stereocenters. The lowest BCUT2D eigenvalue weighted by Gasteiger charge is -2.03. The van der Waals surface area contributed by atoms with Crippen LogP contribution in [0.1, 0.15) is 11.1 Å². The number of nitrogens with zero attached hydrogens (tertiary/aromatic N) is 2. The van der Waals surface area contributed by atoms with Crippen LogP contribution in [0.25, 0.3) is 17.2 Å². The van der Waals surface area contributed by atoms with Gasteiger partial charge in [0.05, 0.1) is 5.71 Å². The molecular weight excluding hydrogens is 320 g/mol. The molecule has 3 aromatic rings. The average molecular weight is 340 g/mol. The minimum Gasteiger partial charge on any atom is -0.369 e. The number of benzene rings is 3. The molecule has 0 saturated carbocycles. The van der Waals surface area contributed by atoms with Crippen LogP contribution in [0.2, 0.25) is 0 Å². The van der Waals surface area contributed by atoms with E-state index >= 15 is 0 Å². The summed E-state index contributed by atoms with van der Waals surface area (Å²) >= 11 is 0. The molecule has 0 aliphatic carbocycles. The number of rotatable bonds is 5. The zero-order valence-electron chi connectivity index (χ0n) is 14.3. The molecular formula is C22H20N4. The van der Waals surface area contributed by atoms with Gasteiger partial charge in [-0.15, -0.1) is 10.2 Å². The average Bonchev–Trinajstić information content (AvgIpc) is 2.69. The Balaban J connectivity index is 1.84. The van der Waals surface area contributed by atoms with Gasteiger partial charge >= 0.3 is 0 Å². The van der Waals surface area contributed by atoms with Crippen LogP contribution in [0.3, 0.4) is 0 Å². The third kappa shape index (κ3) is 4.68. The van der Waals surface area contributed by atoms with Crippen molar-refractivity contribution in [2.24, 2.45) is 21.7 Å². The van der Waals surface area contributed by atoms with Crippen molar-refractivity contribution in [1.82, 2.24) is 0 Å². The zero-order chi connectivity index (χ0) is 18.2. The fraction of sp³-hybridized carbons (Fsp3) is 0. The van der Waals surface area contributed by atoms with E-state index in [1.165, 1.54) is 11.1 Å². The van der Waals surface area contributed by atoms with Gasteiger partial charge in [0, 0.05) is 5.56 Å². The van der Waals surface area contributed by atoms with E-state index in [-0.39, 0.29) is 5.96 Å². The normalized spacial score (nSPS) is 11.5. The van der Waals surface area contributed by atoms with E-state index in [4.69, 9.17) is 11.5 Å². The first-order chi connectivity index (χ1) is 12.7. The van der Waals surface area contributed by atoms with E-state index < -0.39 is 0 Å². The van der Waals surface area contributed by atoms with Gasteiger partial charge < -0.3 is 11.5 Å². The molecule has 0 aromatic heterocycles. The molecule has 0 aliphatic rings. The number of hydrogen-bond donors (Lipinski definition) is 2. The summed E-state index contributed by atoms with van der Waals surface area (Å²) in [5.74, 6) is -0.0703. The summed E-state index contributed by atoms with van der Waals surface area (Å²) in [6.07, 6.45) is 3.89. The Kier molecular flexibility index (Phi) is 5.58. The molecule has 0 spiro atoms. The molecule has 128 valence electrons. The zero-order valence-corrected chi connectivity index (χ0v) is 14.3. The quantitative estimate of drug-likeness (QED) is 0.418. The van der Waals surface area contributed by atoms with Crippen LogP contribution < -0.4 is 11.5 Å². The lowest BCUT2D eigenvalue weighted by atomic mass is 10.0. The van der Waals surface area contributed by atoms with E-state index in [1.807, 2.05) is 60.7 Å². The van der Waals surface area contributed by atoms with Crippen molar-refractivity contribution in [1.29, 1.82) is 0 Å². The Labute approximate surface area is 153 Å². The van der Waals surface area contributed by atoms with Gasteiger partial charge in [0.1, 0.15) is 0 Å². The molecule has 0 saturated heterocycles. The van der Waals surface area contributed by atoms with Crippen molar-refractivity contribution in [3.8, 4) is 11.1 Å². The van der Waals surface area contributed by atoms with Crippen molar-refractivity contribution in [3.63, 3.8) is 0 Å². The number of guanidine groups is 1. The maximum Gasteiger partial charge on any atom is 0.211 e. The Morgan fingerprint density at radius 3 is 1.85 bits per heavy atom. The fourth-order valence-electron chi connectivity index (χ4n) is 2.50. The lowest BCUT2D eigenvalue weighted by molar-refractivity contribution is 1.20. The van der Waals surface area contributed by atoms with Crippen molar-refractivity contribution in [2.75, 3.05) is 0 Å². The molecule has 26 heavy (non-hydrogen) atoms. The summed E-state index contributed by atoms with van der Waals surface area (Å²) in [5, 5.41) is 7.92. The van der Waals surface area contributed by atoms with Gasteiger partial charge in [0.15, 0.2) is 0 Å². The van der Waals surface area contributed by atoms with Crippen molar-refractivity contribution >= 4 is 17.7 Å². The number of allylic oxidation sites excluding steroid dienone is 1.